The molecule has 0 aliphatic carbocycles. The summed E-state index contributed by atoms with van der Waals surface area (Å²) in [5, 5.41) is 17.0. The van der Waals surface area contributed by atoms with Crippen LogP contribution in [0.15, 0.2) is 78.9 Å². The highest BCUT2D eigenvalue weighted by atomic mass is 32.1. The van der Waals surface area contributed by atoms with Gasteiger partial charge in [0.15, 0.2) is 0 Å². The van der Waals surface area contributed by atoms with Crippen molar-refractivity contribution in [2.24, 2.45) is 0 Å². The number of nitrogen functional groups attached to an aromatic ring is 1. The van der Waals surface area contributed by atoms with Crippen LogP contribution in [0.25, 0.3) is 21.3 Å². The van der Waals surface area contributed by atoms with E-state index in [1.165, 1.54) is 11.3 Å². The third kappa shape index (κ3) is 4.38. The minimum atomic E-state index is -0.309. The summed E-state index contributed by atoms with van der Waals surface area (Å²) in [4.78, 5) is 18.2. The number of aryl methyl sites for hydroxylation is 2. The van der Waals surface area contributed by atoms with Gasteiger partial charge in [0.05, 0.1) is 10.2 Å². The van der Waals surface area contributed by atoms with Crippen molar-refractivity contribution < 1.29 is 4.79 Å². The lowest BCUT2D eigenvalue weighted by molar-refractivity contribution is 0.102. The molecule has 0 fully saturated rings. The van der Waals surface area contributed by atoms with E-state index in [0.717, 1.165) is 27.1 Å². The molecule has 5 aromatic rings. The van der Waals surface area contributed by atoms with Crippen LogP contribution in [0.4, 0.5) is 22.2 Å². The van der Waals surface area contributed by atoms with Crippen LogP contribution in [0, 0.1) is 25.2 Å². The van der Waals surface area contributed by atoms with Gasteiger partial charge >= 0.3 is 0 Å². The maximum atomic E-state index is 13.7. The molecule has 0 saturated heterocycles. The molecule has 4 N–H and O–H groups in total. The lowest BCUT2D eigenvalue weighted by atomic mass is 10.00. The second-order valence-electron chi connectivity index (χ2n) is 8.52. The van der Waals surface area contributed by atoms with E-state index in [2.05, 4.69) is 21.7 Å². The summed E-state index contributed by atoms with van der Waals surface area (Å²) in [7, 11) is 0. The predicted molar refractivity (Wildman–Crippen MR) is 148 cm³/mol. The summed E-state index contributed by atoms with van der Waals surface area (Å²) in [6, 6.07) is 27.3. The molecular weight excluding hydrogens is 466 g/mol. The number of aromatic nitrogens is 1. The summed E-state index contributed by atoms with van der Waals surface area (Å²) in [5.41, 5.74) is 12.6. The molecule has 2 aromatic heterocycles. The Morgan fingerprint density at radius 1 is 0.944 bits per heavy atom. The number of nitrogens with one attached hydrogen (secondary N) is 2. The van der Waals surface area contributed by atoms with Gasteiger partial charge in [0.1, 0.15) is 28.0 Å². The average molecular weight is 490 g/mol. The van der Waals surface area contributed by atoms with Gasteiger partial charge < -0.3 is 16.4 Å². The summed E-state index contributed by atoms with van der Waals surface area (Å²) >= 11 is 1.38. The number of pyridine rings is 1. The number of carbonyl (C=O) groups is 1. The largest absolute Gasteiger partial charge is 0.383 e. The fraction of sp³-hybridized carbons (Fsp3) is 0.0690. The molecule has 1 amide bonds. The second-order valence-corrected chi connectivity index (χ2v) is 9.54. The molecule has 0 saturated carbocycles. The fourth-order valence-corrected chi connectivity index (χ4v) is 5.32. The van der Waals surface area contributed by atoms with Gasteiger partial charge in [-0.2, -0.15) is 5.26 Å². The number of anilines is 4. The number of nitrogens with two attached hydrogens (primary N) is 1. The molecule has 0 spiro atoms. The third-order valence-electron chi connectivity index (χ3n) is 5.84. The molecule has 0 aliphatic heterocycles. The molecule has 5 rings (SSSR count). The lowest BCUT2D eigenvalue weighted by Gasteiger charge is -2.10. The first-order valence-electron chi connectivity index (χ1n) is 11.4. The Hall–Kier alpha value is -4.67. The highest BCUT2D eigenvalue weighted by molar-refractivity contribution is 7.24. The number of nitrogens with zero attached hydrogens (tertiary/aromatic N) is 2. The Morgan fingerprint density at radius 2 is 1.69 bits per heavy atom. The molecule has 0 aliphatic rings. The third-order valence-corrected chi connectivity index (χ3v) is 6.95. The zero-order valence-corrected chi connectivity index (χ0v) is 20.6. The number of nitriles is 1. The van der Waals surface area contributed by atoms with Crippen LogP contribution in [0.2, 0.25) is 0 Å². The first kappa shape index (κ1) is 23.1. The van der Waals surface area contributed by atoms with Crippen molar-refractivity contribution in [3.63, 3.8) is 0 Å². The number of rotatable bonds is 5. The second kappa shape index (κ2) is 9.53. The fourth-order valence-electron chi connectivity index (χ4n) is 4.09. The first-order chi connectivity index (χ1) is 17.4. The van der Waals surface area contributed by atoms with E-state index in [1.54, 1.807) is 0 Å². The Kier molecular flexibility index (Phi) is 6.11. The number of amides is 1. The molecule has 0 atom stereocenters. The zero-order chi connectivity index (χ0) is 25.2. The minimum Gasteiger partial charge on any atom is -0.383 e. The Labute approximate surface area is 213 Å². The maximum Gasteiger partial charge on any atom is 0.260 e. The van der Waals surface area contributed by atoms with E-state index in [9.17, 15) is 10.1 Å². The van der Waals surface area contributed by atoms with E-state index < -0.39 is 0 Å². The van der Waals surface area contributed by atoms with Crippen molar-refractivity contribution in [1.82, 2.24) is 4.98 Å². The van der Waals surface area contributed by atoms with E-state index >= 15 is 0 Å². The molecule has 6 nitrogen and oxygen atoms in total. The van der Waals surface area contributed by atoms with E-state index in [4.69, 9.17) is 5.73 Å². The van der Waals surface area contributed by atoms with Crippen LogP contribution in [0.5, 0.6) is 0 Å². The van der Waals surface area contributed by atoms with Crippen molar-refractivity contribution in [3.05, 3.63) is 101 Å². The quantitative estimate of drug-likeness (QED) is 0.246. The maximum absolute atomic E-state index is 13.7. The number of carbonyl (C=O) groups excluding carboxylic acids is 1. The van der Waals surface area contributed by atoms with Crippen LogP contribution in [-0.2, 0) is 0 Å². The van der Waals surface area contributed by atoms with Crippen molar-refractivity contribution in [2.45, 2.75) is 13.8 Å². The molecule has 36 heavy (non-hydrogen) atoms. The van der Waals surface area contributed by atoms with Gasteiger partial charge in [-0.05, 0) is 49.2 Å². The first-order valence-corrected chi connectivity index (χ1v) is 12.2. The SMILES string of the molecule is Cc1ccc(NC(=O)c2c(Nc3cccc(C)c3)sc3c(-c4ccccc4)c(C#N)c(N)nc23)cc1. The number of thiophene rings is 1. The van der Waals surface area contributed by atoms with Gasteiger partial charge in [-0.3, -0.25) is 4.79 Å². The van der Waals surface area contributed by atoms with Crippen molar-refractivity contribution in [3.8, 4) is 17.2 Å². The summed E-state index contributed by atoms with van der Waals surface area (Å²) < 4.78 is 0.719. The van der Waals surface area contributed by atoms with Crippen molar-refractivity contribution in [1.29, 1.82) is 5.26 Å². The number of benzene rings is 3. The monoisotopic (exact) mass is 489 g/mol. The van der Waals surface area contributed by atoms with Crippen LogP contribution in [0.3, 0.4) is 0 Å². The standard InChI is InChI=1S/C29H23N5OS/c1-17-11-13-20(14-12-17)32-28(35)24-25-26(36-29(24)33-21-10-6-7-18(2)15-21)23(19-8-4-3-5-9-19)22(16-30)27(31)34-25/h3-15,33H,1-2H3,(H2,31,34)(H,32,35). The van der Waals surface area contributed by atoms with Gasteiger partial charge in [-0.25, -0.2) is 4.98 Å². The Balaban J connectivity index is 1.74. The number of hydrogen-bond donors (Lipinski definition) is 3. The van der Waals surface area contributed by atoms with Gasteiger partial charge in [0, 0.05) is 16.9 Å². The average Bonchev–Trinajstić information content (AvgIpc) is 3.22. The van der Waals surface area contributed by atoms with Gasteiger partial charge in [-0.1, -0.05) is 60.2 Å². The molecule has 0 bridgehead atoms. The number of fused-ring (bicyclic) bond motifs is 1. The van der Waals surface area contributed by atoms with Crippen LogP contribution >= 0.6 is 11.3 Å². The lowest BCUT2D eigenvalue weighted by Crippen LogP contribution is -2.13. The predicted octanol–water partition coefficient (Wildman–Crippen LogP) is 7.03. The van der Waals surface area contributed by atoms with Gasteiger partial charge in [0.25, 0.3) is 5.91 Å². The zero-order valence-electron chi connectivity index (χ0n) is 19.8. The molecule has 2 heterocycles. The summed E-state index contributed by atoms with van der Waals surface area (Å²) in [5.74, 6) is -0.219. The Bertz CT molecular complexity index is 1630. The molecule has 176 valence electrons. The van der Waals surface area contributed by atoms with Crippen LogP contribution < -0.4 is 16.4 Å². The van der Waals surface area contributed by atoms with Crippen molar-refractivity contribution >= 4 is 49.7 Å². The van der Waals surface area contributed by atoms with E-state index in [-0.39, 0.29) is 11.7 Å². The van der Waals surface area contributed by atoms with Crippen LogP contribution in [0.1, 0.15) is 27.0 Å². The molecule has 3 aromatic carbocycles. The van der Waals surface area contributed by atoms with E-state index in [1.807, 2.05) is 92.7 Å². The molecule has 0 unspecified atom stereocenters. The number of hydrogen-bond acceptors (Lipinski definition) is 6. The molecular formula is C29H23N5OS. The summed E-state index contributed by atoms with van der Waals surface area (Å²) in [6.07, 6.45) is 0. The van der Waals surface area contributed by atoms with E-state index in [0.29, 0.717) is 32.9 Å². The van der Waals surface area contributed by atoms with Gasteiger partial charge in [0.2, 0.25) is 0 Å². The van der Waals surface area contributed by atoms with Crippen LogP contribution in [-0.4, -0.2) is 10.9 Å². The molecule has 7 heteroatoms. The van der Waals surface area contributed by atoms with Gasteiger partial charge in [-0.15, -0.1) is 11.3 Å². The smallest absolute Gasteiger partial charge is 0.260 e. The highest BCUT2D eigenvalue weighted by Crippen LogP contribution is 2.44. The Morgan fingerprint density at radius 3 is 2.39 bits per heavy atom. The normalized spacial score (nSPS) is 10.7. The highest BCUT2D eigenvalue weighted by Gasteiger charge is 2.26. The summed E-state index contributed by atoms with van der Waals surface area (Å²) in [6.45, 7) is 4.00. The van der Waals surface area contributed by atoms with Crippen molar-refractivity contribution in [2.75, 3.05) is 16.4 Å². The molecule has 0 radical (unpaired) electrons. The minimum absolute atomic E-state index is 0.0909. The topological polar surface area (TPSA) is 104 Å².